The van der Waals surface area contributed by atoms with Crippen LogP contribution in [0.2, 0.25) is 0 Å². The van der Waals surface area contributed by atoms with Crippen molar-refractivity contribution in [3.63, 3.8) is 0 Å². The maximum Gasteiger partial charge on any atom is 0.245 e. The molecule has 1 fully saturated rings. The molecule has 1 saturated heterocycles. The average molecular weight is 218 g/mol. The minimum atomic E-state index is -3.11. The van der Waals surface area contributed by atoms with Gasteiger partial charge in [-0.15, -0.1) is 0 Å². The lowest BCUT2D eigenvalue weighted by atomic mass is 10.2. The van der Waals surface area contributed by atoms with Crippen LogP contribution in [0.15, 0.2) is 4.52 Å². The summed E-state index contributed by atoms with van der Waals surface area (Å²) in [6.45, 7) is -0.337. The van der Waals surface area contributed by atoms with Gasteiger partial charge in [-0.3, -0.25) is 0 Å². The molecular weight excluding hydrogens is 208 g/mol. The van der Waals surface area contributed by atoms with Crippen LogP contribution in [0.5, 0.6) is 0 Å². The van der Waals surface area contributed by atoms with Crippen molar-refractivity contribution in [2.45, 2.75) is 24.7 Å². The highest BCUT2D eigenvalue weighted by Crippen LogP contribution is 2.33. The van der Waals surface area contributed by atoms with Gasteiger partial charge in [-0.1, -0.05) is 5.16 Å². The van der Waals surface area contributed by atoms with Crippen molar-refractivity contribution in [2.75, 3.05) is 5.75 Å². The summed E-state index contributed by atoms with van der Waals surface area (Å²) < 4.78 is 27.7. The first-order chi connectivity index (χ1) is 6.63. The Morgan fingerprint density at radius 2 is 2.36 bits per heavy atom. The van der Waals surface area contributed by atoms with Gasteiger partial charge >= 0.3 is 0 Å². The Balaban J connectivity index is 2.31. The molecule has 1 aromatic rings. The summed E-state index contributed by atoms with van der Waals surface area (Å²) >= 11 is 0. The summed E-state index contributed by atoms with van der Waals surface area (Å²) in [6, 6.07) is 0. The molecule has 0 saturated carbocycles. The predicted molar refractivity (Wildman–Crippen MR) is 46.0 cm³/mol. The summed E-state index contributed by atoms with van der Waals surface area (Å²) in [6.07, 6.45) is 1.15. The Kier molecular flexibility index (Phi) is 2.28. The molecule has 2 heterocycles. The van der Waals surface area contributed by atoms with Gasteiger partial charge in [0.2, 0.25) is 5.89 Å². The van der Waals surface area contributed by atoms with Crippen LogP contribution in [0.25, 0.3) is 0 Å². The predicted octanol–water partition coefficient (Wildman–Crippen LogP) is -0.188. The van der Waals surface area contributed by atoms with E-state index in [1.807, 2.05) is 0 Å². The largest absolute Gasteiger partial charge is 0.388 e. The van der Waals surface area contributed by atoms with E-state index >= 15 is 0 Å². The lowest BCUT2D eigenvalue weighted by Crippen LogP contribution is -2.08. The number of aromatic nitrogens is 2. The average Bonchev–Trinajstić information content (AvgIpc) is 2.70. The van der Waals surface area contributed by atoms with Crippen LogP contribution in [0.1, 0.15) is 29.8 Å². The quantitative estimate of drug-likeness (QED) is 0.739. The first-order valence-corrected chi connectivity index (χ1v) is 6.00. The number of sulfone groups is 1. The fourth-order valence-corrected chi connectivity index (χ4v) is 3.31. The normalized spacial score (nSPS) is 25.4. The van der Waals surface area contributed by atoms with Gasteiger partial charge in [0, 0.05) is 0 Å². The smallest absolute Gasteiger partial charge is 0.245 e. The minimum Gasteiger partial charge on any atom is -0.388 e. The number of aliphatic hydroxyl groups is 1. The zero-order chi connectivity index (χ0) is 10.2. The standard InChI is InChI=1S/C7H10N2O4S/c10-4-6-8-7(13-9-6)5-2-1-3-14(5,11)12/h5,10H,1-4H2. The molecule has 1 aliphatic heterocycles. The molecule has 0 aliphatic carbocycles. The Hall–Kier alpha value is -0.950. The molecule has 6 nitrogen and oxygen atoms in total. The Morgan fingerprint density at radius 1 is 1.57 bits per heavy atom. The number of aliphatic hydroxyl groups excluding tert-OH is 1. The van der Waals surface area contributed by atoms with E-state index in [1.54, 1.807) is 0 Å². The van der Waals surface area contributed by atoms with Gasteiger partial charge in [-0.05, 0) is 12.8 Å². The van der Waals surface area contributed by atoms with Crippen molar-refractivity contribution in [1.82, 2.24) is 10.1 Å². The Bertz CT molecular complexity index is 425. The minimum absolute atomic E-state index is 0.103. The van der Waals surface area contributed by atoms with Crippen LogP contribution in [0.3, 0.4) is 0 Å². The molecule has 0 amide bonds. The van der Waals surface area contributed by atoms with E-state index in [0.29, 0.717) is 12.8 Å². The van der Waals surface area contributed by atoms with Crippen LogP contribution in [0, 0.1) is 0 Å². The fourth-order valence-electron chi connectivity index (χ4n) is 1.53. The third kappa shape index (κ3) is 1.53. The van der Waals surface area contributed by atoms with Crippen LogP contribution < -0.4 is 0 Å². The molecule has 1 unspecified atom stereocenters. The van der Waals surface area contributed by atoms with E-state index in [0.717, 1.165) is 0 Å². The van der Waals surface area contributed by atoms with Crippen molar-refractivity contribution < 1.29 is 18.0 Å². The second kappa shape index (κ2) is 3.32. The first kappa shape index (κ1) is 9.60. The lowest BCUT2D eigenvalue weighted by molar-refractivity contribution is 0.262. The second-order valence-corrected chi connectivity index (χ2v) is 5.51. The van der Waals surface area contributed by atoms with Gasteiger partial charge in [0.25, 0.3) is 0 Å². The fraction of sp³-hybridized carbons (Fsp3) is 0.714. The maximum atomic E-state index is 11.5. The lowest BCUT2D eigenvalue weighted by Gasteiger charge is -2.01. The first-order valence-electron chi connectivity index (χ1n) is 4.28. The van der Waals surface area contributed by atoms with E-state index in [9.17, 15) is 8.42 Å². The summed E-state index contributed by atoms with van der Waals surface area (Å²) in [5.74, 6) is 0.405. The van der Waals surface area contributed by atoms with Crippen LogP contribution in [-0.2, 0) is 16.4 Å². The van der Waals surface area contributed by atoms with E-state index in [-0.39, 0.29) is 24.1 Å². The Morgan fingerprint density at radius 3 is 2.86 bits per heavy atom. The molecular formula is C7H10N2O4S. The van der Waals surface area contributed by atoms with E-state index in [2.05, 4.69) is 10.1 Å². The number of rotatable bonds is 2. The van der Waals surface area contributed by atoms with Gasteiger partial charge in [-0.25, -0.2) is 8.42 Å². The third-order valence-corrected chi connectivity index (χ3v) is 4.39. The van der Waals surface area contributed by atoms with Crippen LogP contribution in [-0.4, -0.2) is 29.4 Å². The van der Waals surface area contributed by atoms with Crippen molar-refractivity contribution in [2.24, 2.45) is 0 Å². The van der Waals surface area contributed by atoms with Gasteiger partial charge in [0.15, 0.2) is 15.7 Å². The molecule has 1 atom stereocenters. The van der Waals surface area contributed by atoms with Gasteiger partial charge < -0.3 is 9.63 Å². The molecule has 14 heavy (non-hydrogen) atoms. The molecule has 2 rings (SSSR count). The number of nitrogens with zero attached hydrogens (tertiary/aromatic N) is 2. The van der Waals surface area contributed by atoms with E-state index < -0.39 is 15.1 Å². The SMILES string of the molecule is O=S1(=O)CCCC1c1nc(CO)no1. The maximum absolute atomic E-state index is 11.5. The highest BCUT2D eigenvalue weighted by molar-refractivity contribution is 7.91. The summed E-state index contributed by atoms with van der Waals surface area (Å²) in [4.78, 5) is 3.80. The zero-order valence-electron chi connectivity index (χ0n) is 7.38. The number of hydrogen-bond acceptors (Lipinski definition) is 6. The van der Waals surface area contributed by atoms with Gasteiger partial charge in [0.1, 0.15) is 11.9 Å². The van der Waals surface area contributed by atoms with Crippen LogP contribution >= 0.6 is 0 Å². The van der Waals surface area contributed by atoms with Crippen LogP contribution in [0.4, 0.5) is 0 Å². The Labute approximate surface area is 80.9 Å². The molecule has 1 aromatic heterocycles. The van der Waals surface area contributed by atoms with Crippen molar-refractivity contribution >= 4 is 9.84 Å². The molecule has 0 bridgehead atoms. The molecule has 7 heteroatoms. The van der Waals surface area contributed by atoms with Crippen molar-refractivity contribution in [3.8, 4) is 0 Å². The van der Waals surface area contributed by atoms with Crippen molar-refractivity contribution in [1.29, 1.82) is 0 Å². The highest BCUT2D eigenvalue weighted by Gasteiger charge is 2.36. The zero-order valence-corrected chi connectivity index (χ0v) is 8.20. The topological polar surface area (TPSA) is 93.3 Å². The molecule has 0 radical (unpaired) electrons. The van der Waals surface area contributed by atoms with Gasteiger partial charge in [0.05, 0.1) is 5.75 Å². The third-order valence-electron chi connectivity index (χ3n) is 2.23. The second-order valence-electron chi connectivity index (χ2n) is 3.20. The van der Waals surface area contributed by atoms with Crippen molar-refractivity contribution in [3.05, 3.63) is 11.7 Å². The number of hydrogen-bond donors (Lipinski definition) is 1. The molecule has 1 N–H and O–H groups in total. The summed E-state index contributed by atoms with van der Waals surface area (Å²) in [7, 11) is -3.11. The highest BCUT2D eigenvalue weighted by atomic mass is 32.2. The van der Waals surface area contributed by atoms with E-state index in [4.69, 9.17) is 9.63 Å². The summed E-state index contributed by atoms with van der Waals surface area (Å²) in [5.41, 5.74) is 0. The van der Waals surface area contributed by atoms with Gasteiger partial charge in [-0.2, -0.15) is 4.98 Å². The molecule has 0 spiro atoms. The molecule has 1 aliphatic rings. The molecule has 0 aromatic carbocycles. The molecule has 78 valence electrons. The monoisotopic (exact) mass is 218 g/mol. The van der Waals surface area contributed by atoms with E-state index in [1.165, 1.54) is 0 Å². The summed E-state index contributed by atoms with van der Waals surface area (Å²) in [5, 5.41) is 11.5.